The number of ketones is 1. The second kappa shape index (κ2) is 11.9. The molecule has 1 aliphatic carbocycles. The van der Waals surface area contributed by atoms with Crippen LogP contribution in [-0.2, 0) is 14.6 Å². The van der Waals surface area contributed by atoms with Crippen molar-refractivity contribution >= 4 is 15.6 Å². The average Bonchev–Trinajstić information content (AvgIpc) is 2.58. The molecule has 0 amide bonds. The quantitative estimate of drug-likeness (QED) is 0.294. The molecular formula is C22H40O3S. The largest absolute Gasteiger partial charge is 0.299 e. The lowest BCUT2D eigenvalue weighted by atomic mass is 9.79. The van der Waals surface area contributed by atoms with Gasteiger partial charge in [0.2, 0.25) is 0 Å². The fourth-order valence-electron chi connectivity index (χ4n) is 3.98. The maximum absolute atomic E-state index is 12.8. The number of unbranched alkanes of at least 4 members (excludes halogenated alkanes) is 9. The zero-order chi connectivity index (χ0) is 19.6. The Morgan fingerprint density at radius 3 is 2.00 bits per heavy atom. The number of Topliss-reactive ketones (excluding diaryl/α,β-unsaturated/α-hetero) is 1. The molecule has 0 saturated heterocycles. The third-order valence-electron chi connectivity index (χ3n) is 5.97. The number of carbonyl (C=O) groups excluding carboxylic acids is 1. The molecule has 0 aromatic rings. The topological polar surface area (TPSA) is 51.2 Å². The van der Waals surface area contributed by atoms with Crippen molar-refractivity contribution in [2.75, 3.05) is 5.75 Å². The molecule has 4 heteroatoms. The monoisotopic (exact) mass is 384 g/mol. The Bertz CT molecular complexity index is 536. The molecule has 0 spiro atoms. The van der Waals surface area contributed by atoms with Crippen molar-refractivity contribution in [1.29, 1.82) is 0 Å². The van der Waals surface area contributed by atoms with E-state index in [0.717, 1.165) is 24.8 Å². The molecule has 3 atom stereocenters. The highest BCUT2D eigenvalue weighted by atomic mass is 32.2. The van der Waals surface area contributed by atoms with E-state index in [1.165, 1.54) is 44.9 Å². The average molecular weight is 385 g/mol. The zero-order valence-corrected chi connectivity index (χ0v) is 18.1. The van der Waals surface area contributed by atoms with Crippen LogP contribution in [0.5, 0.6) is 0 Å². The molecule has 1 rings (SSSR count). The predicted molar refractivity (Wildman–Crippen MR) is 111 cm³/mol. The Morgan fingerprint density at radius 2 is 1.50 bits per heavy atom. The van der Waals surface area contributed by atoms with Crippen molar-refractivity contribution in [3.8, 4) is 0 Å². The highest BCUT2D eigenvalue weighted by molar-refractivity contribution is 7.92. The number of rotatable bonds is 13. The molecule has 0 aromatic heterocycles. The molecule has 1 fully saturated rings. The molecule has 3 nitrogen and oxygen atoms in total. The van der Waals surface area contributed by atoms with Gasteiger partial charge in [-0.2, -0.15) is 0 Å². The summed E-state index contributed by atoms with van der Waals surface area (Å²) in [5.41, 5.74) is 0.935. The van der Waals surface area contributed by atoms with Crippen LogP contribution in [0.1, 0.15) is 97.8 Å². The number of sulfone groups is 1. The molecule has 0 aromatic carbocycles. The Hall–Kier alpha value is -0.640. The molecule has 3 unspecified atom stereocenters. The fraction of sp³-hybridized carbons (Fsp3) is 0.864. The van der Waals surface area contributed by atoms with Gasteiger partial charge in [0.15, 0.2) is 9.84 Å². The van der Waals surface area contributed by atoms with E-state index >= 15 is 0 Å². The van der Waals surface area contributed by atoms with Gasteiger partial charge in [0.1, 0.15) is 5.78 Å². The lowest BCUT2D eigenvalue weighted by Crippen LogP contribution is -2.41. The second-order valence-corrected chi connectivity index (χ2v) is 10.7. The van der Waals surface area contributed by atoms with Crippen LogP contribution in [0.15, 0.2) is 12.2 Å². The van der Waals surface area contributed by atoms with E-state index in [0.29, 0.717) is 12.8 Å². The summed E-state index contributed by atoms with van der Waals surface area (Å²) in [5.74, 6) is -0.0138. The van der Waals surface area contributed by atoms with Crippen molar-refractivity contribution in [3.63, 3.8) is 0 Å². The first-order chi connectivity index (χ1) is 12.3. The fourth-order valence-corrected chi connectivity index (χ4v) is 6.19. The van der Waals surface area contributed by atoms with Crippen molar-refractivity contribution in [2.45, 2.75) is 103 Å². The molecule has 26 heavy (non-hydrogen) atoms. The van der Waals surface area contributed by atoms with E-state index in [1.807, 2.05) is 6.92 Å². The third-order valence-corrected chi connectivity index (χ3v) is 8.35. The molecule has 1 saturated carbocycles. The first kappa shape index (κ1) is 23.4. The maximum atomic E-state index is 12.8. The first-order valence-corrected chi connectivity index (χ1v) is 12.4. The smallest absolute Gasteiger partial charge is 0.153 e. The van der Waals surface area contributed by atoms with Gasteiger partial charge in [0, 0.05) is 12.3 Å². The summed E-state index contributed by atoms with van der Waals surface area (Å²) >= 11 is 0. The van der Waals surface area contributed by atoms with Gasteiger partial charge >= 0.3 is 0 Å². The van der Waals surface area contributed by atoms with Gasteiger partial charge in [0.25, 0.3) is 0 Å². The van der Waals surface area contributed by atoms with Crippen LogP contribution >= 0.6 is 0 Å². The Kier molecular flexibility index (Phi) is 10.7. The van der Waals surface area contributed by atoms with Crippen LogP contribution in [-0.4, -0.2) is 25.2 Å². The molecule has 152 valence electrons. The Balaban J connectivity index is 2.30. The predicted octanol–water partition coefficient (Wildman–Crippen LogP) is 5.88. The van der Waals surface area contributed by atoms with Gasteiger partial charge in [-0.25, -0.2) is 8.42 Å². The highest BCUT2D eigenvalue weighted by Gasteiger charge is 2.40. The van der Waals surface area contributed by atoms with Crippen molar-refractivity contribution < 1.29 is 13.2 Å². The van der Waals surface area contributed by atoms with Crippen LogP contribution in [0.25, 0.3) is 0 Å². The van der Waals surface area contributed by atoms with E-state index in [9.17, 15) is 13.2 Å². The van der Waals surface area contributed by atoms with Crippen LogP contribution in [0.4, 0.5) is 0 Å². The minimum Gasteiger partial charge on any atom is -0.299 e. The van der Waals surface area contributed by atoms with Gasteiger partial charge in [-0.1, -0.05) is 83.8 Å². The molecule has 1 aliphatic rings. The summed E-state index contributed by atoms with van der Waals surface area (Å²) < 4.78 is 25.5. The van der Waals surface area contributed by atoms with Gasteiger partial charge in [0.05, 0.1) is 11.0 Å². The van der Waals surface area contributed by atoms with E-state index in [2.05, 4.69) is 13.5 Å². The highest BCUT2D eigenvalue weighted by Crippen LogP contribution is 2.34. The Morgan fingerprint density at radius 1 is 1.00 bits per heavy atom. The van der Waals surface area contributed by atoms with Crippen molar-refractivity contribution in [2.24, 2.45) is 11.8 Å². The first-order valence-electron chi connectivity index (χ1n) is 10.7. The summed E-state index contributed by atoms with van der Waals surface area (Å²) in [7, 11) is -3.20. The summed E-state index contributed by atoms with van der Waals surface area (Å²) in [6.45, 7) is 9.86. The number of hydrogen-bond acceptors (Lipinski definition) is 3. The van der Waals surface area contributed by atoms with Crippen molar-refractivity contribution in [1.82, 2.24) is 0 Å². The zero-order valence-electron chi connectivity index (χ0n) is 17.3. The summed E-state index contributed by atoms with van der Waals surface area (Å²) in [5, 5.41) is -0.510. The SMILES string of the molecule is C=C(C)C1CC(=O)C(C)C(S(=O)(=O)CCCCCCCCCCCC)C1. The van der Waals surface area contributed by atoms with Gasteiger partial charge in [-0.05, 0) is 25.7 Å². The van der Waals surface area contributed by atoms with Gasteiger partial charge in [-0.3, -0.25) is 4.79 Å². The minimum absolute atomic E-state index is 0.0335. The molecule has 0 bridgehead atoms. The lowest BCUT2D eigenvalue weighted by molar-refractivity contribution is -0.124. The third kappa shape index (κ3) is 7.94. The maximum Gasteiger partial charge on any atom is 0.153 e. The molecule has 0 N–H and O–H groups in total. The van der Waals surface area contributed by atoms with Crippen LogP contribution < -0.4 is 0 Å². The Labute approximate surface area is 161 Å². The van der Waals surface area contributed by atoms with Crippen molar-refractivity contribution in [3.05, 3.63) is 12.2 Å². The van der Waals surface area contributed by atoms with Crippen LogP contribution in [0, 0.1) is 11.8 Å². The van der Waals surface area contributed by atoms with E-state index in [4.69, 9.17) is 0 Å². The number of carbonyl (C=O) groups is 1. The molecular weight excluding hydrogens is 344 g/mol. The molecule has 0 aliphatic heterocycles. The summed E-state index contributed by atoms with van der Waals surface area (Å²) in [6.07, 6.45) is 13.0. The van der Waals surface area contributed by atoms with Crippen LogP contribution in [0.3, 0.4) is 0 Å². The summed E-state index contributed by atoms with van der Waals surface area (Å²) in [4.78, 5) is 12.2. The van der Waals surface area contributed by atoms with E-state index in [-0.39, 0.29) is 23.4 Å². The summed E-state index contributed by atoms with van der Waals surface area (Å²) in [6, 6.07) is 0. The van der Waals surface area contributed by atoms with Gasteiger partial charge in [-0.15, -0.1) is 0 Å². The van der Waals surface area contributed by atoms with Crippen LogP contribution in [0.2, 0.25) is 0 Å². The lowest BCUT2D eigenvalue weighted by Gasteiger charge is -2.33. The van der Waals surface area contributed by atoms with Gasteiger partial charge < -0.3 is 0 Å². The second-order valence-electron chi connectivity index (χ2n) is 8.33. The minimum atomic E-state index is -3.20. The standard InChI is InChI=1S/C22H40O3S/c1-5-6-7-8-9-10-11-12-13-14-15-26(24,25)22-17-20(18(2)3)16-21(23)19(22)4/h19-20,22H,2,5-17H2,1,3-4H3. The molecule has 0 heterocycles. The van der Waals surface area contributed by atoms with E-state index in [1.54, 1.807) is 6.92 Å². The van der Waals surface area contributed by atoms with E-state index < -0.39 is 15.1 Å². The number of hydrogen-bond donors (Lipinski definition) is 0. The normalized spacial score (nSPS) is 24.0. The molecule has 0 radical (unpaired) electrons. The number of allylic oxidation sites excluding steroid dienone is 1.